The topological polar surface area (TPSA) is 38.0 Å². The van der Waals surface area contributed by atoms with Gasteiger partial charge >= 0.3 is 0 Å². The molecule has 0 amide bonds. The maximum absolute atomic E-state index is 6.09. The number of hydrogen-bond donors (Lipinski definition) is 2. The molecule has 2 atom stereocenters. The van der Waals surface area contributed by atoms with E-state index in [0.29, 0.717) is 18.0 Å². The standard InChI is InChI=1S/C14H22N2/c1-10(2)11-6-3-4-8-13(11)16-14-9-5-7-12(14)15/h3-4,6,8,10,12,14,16H,5,7,9,15H2,1-2H3. The normalized spacial score (nSPS) is 25.0. The fourth-order valence-corrected chi connectivity index (χ4v) is 2.50. The molecular formula is C14H22N2. The number of rotatable bonds is 3. The smallest absolute Gasteiger partial charge is 0.0412 e. The zero-order valence-electron chi connectivity index (χ0n) is 10.2. The van der Waals surface area contributed by atoms with E-state index in [4.69, 9.17) is 5.73 Å². The van der Waals surface area contributed by atoms with Gasteiger partial charge in [-0.25, -0.2) is 0 Å². The van der Waals surface area contributed by atoms with Crippen LogP contribution in [-0.2, 0) is 0 Å². The van der Waals surface area contributed by atoms with Gasteiger partial charge in [0.2, 0.25) is 0 Å². The molecule has 0 bridgehead atoms. The third-order valence-electron chi connectivity index (χ3n) is 3.49. The first-order valence-electron chi connectivity index (χ1n) is 6.29. The minimum atomic E-state index is 0.320. The summed E-state index contributed by atoms with van der Waals surface area (Å²) in [5, 5.41) is 3.62. The number of anilines is 1. The lowest BCUT2D eigenvalue weighted by molar-refractivity contribution is 0.636. The average molecular weight is 218 g/mol. The molecule has 0 saturated heterocycles. The van der Waals surface area contributed by atoms with Crippen LogP contribution in [0.4, 0.5) is 5.69 Å². The van der Waals surface area contributed by atoms with Gasteiger partial charge in [-0.1, -0.05) is 32.0 Å². The fourth-order valence-electron chi connectivity index (χ4n) is 2.50. The van der Waals surface area contributed by atoms with Crippen molar-refractivity contribution in [1.82, 2.24) is 0 Å². The highest BCUT2D eigenvalue weighted by molar-refractivity contribution is 5.53. The second-order valence-electron chi connectivity index (χ2n) is 5.09. The van der Waals surface area contributed by atoms with E-state index in [9.17, 15) is 0 Å². The monoisotopic (exact) mass is 218 g/mol. The SMILES string of the molecule is CC(C)c1ccccc1NC1CCCC1N. The lowest BCUT2D eigenvalue weighted by Crippen LogP contribution is -2.35. The Hall–Kier alpha value is -1.02. The summed E-state index contributed by atoms with van der Waals surface area (Å²) in [4.78, 5) is 0. The van der Waals surface area contributed by atoms with Gasteiger partial charge in [0.05, 0.1) is 0 Å². The van der Waals surface area contributed by atoms with Gasteiger partial charge in [-0.3, -0.25) is 0 Å². The molecule has 2 heteroatoms. The third-order valence-corrected chi connectivity index (χ3v) is 3.49. The van der Waals surface area contributed by atoms with Crippen molar-refractivity contribution in [1.29, 1.82) is 0 Å². The Balaban J connectivity index is 2.14. The van der Waals surface area contributed by atoms with Gasteiger partial charge in [-0.2, -0.15) is 0 Å². The zero-order chi connectivity index (χ0) is 11.5. The van der Waals surface area contributed by atoms with Crippen molar-refractivity contribution in [2.75, 3.05) is 5.32 Å². The van der Waals surface area contributed by atoms with Crippen molar-refractivity contribution >= 4 is 5.69 Å². The second kappa shape index (κ2) is 4.88. The van der Waals surface area contributed by atoms with Crippen molar-refractivity contribution in [3.05, 3.63) is 29.8 Å². The Kier molecular flexibility index (Phi) is 3.49. The van der Waals surface area contributed by atoms with E-state index in [0.717, 1.165) is 6.42 Å². The maximum atomic E-state index is 6.09. The highest BCUT2D eigenvalue weighted by atomic mass is 15.0. The molecule has 1 aliphatic carbocycles. The Morgan fingerprint density at radius 2 is 2.00 bits per heavy atom. The highest BCUT2D eigenvalue weighted by Crippen LogP contribution is 2.27. The molecule has 3 N–H and O–H groups in total. The van der Waals surface area contributed by atoms with Gasteiger partial charge in [-0.05, 0) is 36.8 Å². The lowest BCUT2D eigenvalue weighted by atomic mass is 10.0. The Morgan fingerprint density at radius 1 is 1.25 bits per heavy atom. The summed E-state index contributed by atoms with van der Waals surface area (Å²) in [6.07, 6.45) is 3.61. The molecule has 0 heterocycles. The van der Waals surface area contributed by atoms with Crippen LogP contribution >= 0.6 is 0 Å². The average Bonchev–Trinajstić information content (AvgIpc) is 2.65. The number of nitrogens with one attached hydrogen (secondary N) is 1. The fraction of sp³-hybridized carbons (Fsp3) is 0.571. The molecule has 2 nitrogen and oxygen atoms in total. The summed E-state index contributed by atoms with van der Waals surface area (Å²) in [5.41, 5.74) is 8.74. The van der Waals surface area contributed by atoms with Gasteiger partial charge in [-0.15, -0.1) is 0 Å². The summed E-state index contributed by atoms with van der Waals surface area (Å²) in [6.45, 7) is 4.46. The molecule has 88 valence electrons. The quantitative estimate of drug-likeness (QED) is 0.818. The van der Waals surface area contributed by atoms with Crippen molar-refractivity contribution in [2.45, 2.75) is 51.1 Å². The number of benzene rings is 1. The molecule has 1 saturated carbocycles. The van der Waals surface area contributed by atoms with Gasteiger partial charge in [0.15, 0.2) is 0 Å². The summed E-state index contributed by atoms with van der Waals surface area (Å²) in [6, 6.07) is 9.34. The van der Waals surface area contributed by atoms with Crippen LogP contribution in [0.2, 0.25) is 0 Å². The molecule has 0 spiro atoms. The molecule has 1 aromatic rings. The first kappa shape index (κ1) is 11.5. The molecule has 0 aromatic heterocycles. The molecule has 2 rings (SSSR count). The molecule has 1 aromatic carbocycles. The molecule has 1 fully saturated rings. The molecule has 1 aliphatic rings. The third kappa shape index (κ3) is 2.38. The van der Waals surface area contributed by atoms with E-state index >= 15 is 0 Å². The van der Waals surface area contributed by atoms with Gasteiger partial charge in [0.1, 0.15) is 0 Å². The number of hydrogen-bond acceptors (Lipinski definition) is 2. The minimum Gasteiger partial charge on any atom is -0.381 e. The lowest BCUT2D eigenvalue weighted by Gasteiger charge is -2.22. The van der Waals surface area contributed by atoms with Crippen molar-refractivity contribution in [2.24, 2.45) is 5.73 Å². The van der Waals surface area contributed by atoms with Crippen LogP contribution in [0.25, 0.3) is 0 Å². The first-order valence-corrected chi connectivity index (χ1v) is 6.29. The van der Waals surface area contributed by atoms with Crippen molar-refractivity contribution in [3.8, 4) is 0 Å². The van der Waals surface area contributed by atoms with E-state index in [1.165, 1.54) is 24.1 Å². The summed E-state index contributed by atoms with van der Waals surface area (Å²) >= 11 is 0. The maximum Gasteiger partial charge on any atom is 0.0412 e. The summed E-state index contributed by atoms with van der Waals surface area (Å²) in [5.74, 6) is 0.557. The number of para-hydroxylation sites is 1. The summed E-state index contributed by atoms with van der Waals surface area (Å²) < 4.78 is 0. The number of nitrogens with two attached hydrogens (primary N) is 1. The first-order chi connectivity index (χ1) is 7.68. The highest BCUT2D eigenvalue weighted by Gasteiger charge is 2.24. The zero-order valence-corrected chi connectivity index (χ0v) is 10.2. The predicted molar refractivity (Wildman–Crippen MR) is 69.8 cm³/mol. The van der Waals surface area contributed by atoms with E-state index in [2.05, 4.69) is 43.4 Å². The van der Waals surface area contributed by atoms with Gasteiger partial charge in [0.25, 0.3) is 0 Å². The van der Waals surface area contributed by atoms with E-state index in [1.54, 1.807) is 0 Å². The molecule has 2 unspecified atom stereocenters. The Morgan fingerprint density at radius 3 is 2.62 bits per heavy atom. The van der Waals surface area contributed by atoms with E-state index in [1.807, 2.05) is 0 Å². The van der Waals surface area contributed by atoms with Gasteiger partial charge in [0, 0.05) is 17.8 Å². The molecule has 0 aliphatic heterocycles. The predicted octanol–water partition coefficient (Wildman–Crippen LogP) is 3.10. The van der Waals surface area contributed by atoms with Crippen LogP contribution < -0.4 is 11.1 Å². The summed E-state index contributed by atoms with van der Waals surface area (Å²) in [7, 11) is 0. The minimum absolute atomic E-state index is 0.320. The molecule has 0 radical (unpaired) electrons. The van der Waals surface area contributed by atoms with Gasteiger partial charge < -0.3 is 11.1 Å². The van der Waals surface area contributed by atoms with Crippen LogP contribution in [0.3, 0.4) is 0 Å². The Bertz CT molecular complexity index is 346. The largest absolute Gasteiger partial charge is 0.381 e. The molecular weight excluding hydrogens is 196 g/mol. The molecule has 16 heavy (non-hydrogen) atoms. The van der Waals surface area contributed by atoms with Crippen LogP contribution in [0.5, 0.6) is 0 Å². The van der Waals surface area contributed by atoms with Crippen LogP contribution in [0.1, 0.15) is 44.6 Å². The van der Waals surface area contributed by atoms with Crippen LogP contribution in [0.15, 0.2) is 24.3 Å². The Labute approximate surface area is 98.2 Å². The van der Waals surface area contributed by atoms with Crippen LogP contribution in [-0.4, -0.2) is 12.1 Å². The second-order valence-corrected chi connectivity index (χ2v) is 5.09. The van der Waals surface area contributed by atoms with Crippen molar-refractivity contribution < 1.29 is 0 Å². The van der Waals surface area contributed by atoms with E-state index < -0.39 is 0 Å². The van der Waals surface area contributed by atoms with Crippen molar-refractivity contribution in [3.63, 3.8) is 0 Å². The van der Waals surface area contributed by atoms with Crippen LogP contribution in [0, 0.1) is 0 Å². The van der Waals surface area contributed by atoms with E-state index in [-0.39, 0.29) is 0 Å².